The second-order valence-corrected chi connectivity index (χ2v) is 10.3. The highest BCUT2D eigenvalue weighted by molar-refractivity contribution is 7.99. The number of carboxylic acid groups (broad SMARTS) is 1. The molecule has 2 aromatic carbocycles. The Labute approximate surface area is 230 Å². The molecule has 3 amide bonds. The van der Waals surface area contributed by atoms with Crippen LogP contribution >= 0.6 is 11.8 Å². The number of unbranched alkanes of at least 4 members (excludes halogenated alkanes) is 2. The number of thioether (sulfide) groups is 1. The van der Waals surface area contributed by atoms with Gasteiger partial charge in [0.2, 0.25) is 5.91 Å². The van der Waals surface area contributed by atoms with Crippen LogP contribution in [-0.2, 0) is 19.1 Å². The lowest BCUT2D eigenvalue weighted by Gasteiger charge is -2.27. The Bertz CT molecular complexity index is 1230. The summed E-state index contributed by atoms with van der Waals surface area (Å²) >= 11 is 1.42. The van der Waals surface area contributed by atoms with Crippen LogP contribution in [0.15, 0.2) is 53.4 Å². The van der Waals surface area contributed by atoms with Crippen molar-refractivity contribution in [2.75, 3.05) is 30.3 Å². The van der Waals surface area contributed by atoms with Gasteiger partial charge in [0, 0.05) is 17.2 Å². The molecule has 11 heteroatoms. The third-order valence-corrected chi connectivity index (χ3v) is 7.80. The van der Waals surface area contributed by atoms with Crippen LogP contribution in [0.25, 0.3) is 0 Å². The highest BCUT2D eigenvalue weighted by atomic mass is 32.2. The van der Waals surface area contributed by atoms with Gasteiger partial charge in [-0.3, -0.25) is 39.1 Å². The van der Waals surface area contributed by atoms with E-state index in [1.165, 1.54) is 21.6 Å². The number of hydrogen-bond acceptors (Lipinski definition) is 8. The number of anilines is 1. The number of para-hydroxylation sites is 1. The van der Waals surface area contributed by atoms with Crippen molar-refractivity contribution in [2.45, 2.75) is 49.6 Å². The highest BCUT2D eigenvalue weighted by Gasteiger charge is 2.36. The summed E-state index contributed by atoms with van der Waals surface area (Å²) in [5, 5.41) is 12.5. The molecule has 0 spiro atoms. The van der Waals surface area contributed by atoms with Crippen LogP contribution in [0.1, 0.15) is 53.3 Å². The van der Waals surface area contributed by atoms with Gasteiger partial charge in [0.1, 0.15) is 12.6 Å². The maximum Gasteiger partial charge on any atom is 0.323 e. The van der Waals surface area contributed by atoms with Crippen LogP contribution in [0, 0.1) is 0 Å². The minimum Gasteiger partial charge on any atom is -0.480 e. The van der Waals surface area contributed by atoms with E-state index in [2.05, 4.69) is 5.32 Å². The molecule has 206 valence electrons. The van der Waals surface area contributed by atoms with Crippen LogP contribution in [0.4, 0.5) is 5.69 Å². The fourth-order valence-corrected chi connectivity index (χ4v) is 5.85. The standard InChI is InChI=1S/C28H31N3O7S/c1-2-38-28(37)20(12-4-3-9-15-30-25(34)18-10-5-6-11-19(18)26(30)35)29-21-17-39-23-14-8-7-13-22(23)31(27(21)36)16-24(32)33/h5-8,10-11,13-14,20-21,29H,2-4,9,12,15-17H2,1H3,(H,32,33)/t20-,21?/m1/s1. The molecule has 1 unspecified atom stereocenters. The van der Waals surface area contributed by atoms with E-state index in [1.54, 1.807) is 43.3 Å². The van der Waals surface area contributed by atoms with Gasteiger partial charge in [-0.2, -0.15) is 0 Å². The van der Waals surface area contributed by atoms with Gasteiger partial charge in [0.05, 0.1) is 29.5 Å². The lowest BCUT2D eigenvalue weighted by atomic mass is 10.1. The summed E-state index contributed by atoms with van der Waals surface area (Å²) in [6.45, 7) is 1.68. The smallest absolute Gasteiger partial charge is 0.323 e. The summed E-state index contributed by atoms with van der Waals surface area (Å²) in [4.78, 5) is 66.1. The first-order valence-corrected chi connectivity index (χ1v) is 13.9. The molecule has 4 rings (SSSR count). The first-order chi connectivity index (χ1) is 18.8. The van der Waals surface area contributed by atoms with Crippen LogP contribution in [0.2, 0.25) is 0 Å². The number of amides is 3. The predicted molar refractivity (Wildman–Crippen MR) is 145 cm³/mol. The Hall–Kier alpha value is -3.70. The second kappa shape index (κ2) is 12.9. The van der Waals surface area contributed by atoms with Gasteiger partial charge in [-0.05, 0) is 44.0 Å². The zero-order chi connectivity index (χ0) is 27.9. The molecule has 2 heterocycles. The molecule has 2 aliphatic heterocycles. The Balaban J connectivity index is 1.36. The summed E-state index contributed by atoms with van der Waals surface area (Å²) in [5.74, 6) is -2.31. The number of nitrogens with zero attached hydrogens (tertiary/aromatic N) is 2. The number of ether oxygens (including phenoxy) is 1. The molecule has 0 radical (unpaired) electrons. The van der Waals surface area contributed by atoms with Crippen molar-refractivity contribution >= 4 is 47.1 Å². The number of benzene rings is 2. The number of esters is 1. The van der Waals surface area contributed by atoms with Gasteiger partial charge in [0.25, 0.3) is 11.8 Å². The predicted octanol–water partition coefficient (Wildman–Crippen LogP) is 2.96. The number of aliphatic carboxylic acids is 1. The molecule has 2 aromatic rings. The Morgan fingerprint density at radius 1 is 1.00 bits per heavy atom. The van der Waals surface area contributed by atoms with E-state index in [0.29, 0.717) is 48.3 Å². The molecule has 2 aliphatic rings. The average molecular weight is 554 g/mol. The van der Waals surface area contributed by atoms with Crippen molar-refractivity contribution in [3.05, 3.63) is 59.7 Å². The van der Waals surface area contributed by atoms with E-state index in [1.807, 2.05) is 12.1 Å². The van der Waals surface area contributed by atoms with Crippen LogP contribution < -0.4 is 10.2 Å². The lowest BCUT2D eigenvalue weighted by Crippen LogP contribution is -2.54. The summed E-state index contributed by atoms with van der Waals surface area (Å²) in [5.41, 5.74) is 1.36. The maximum absolute atomic E-state index is 13.4. The Morgan fingerprint density at radius 2 is 1.67 bits per heavy atom. The number of carbonyl (C=O) groups is 5. The number of hydrogen-bond donors (Lipinski definition) is 2. The lowest BCUT2D eigenvalue weighted by molar-refractivity contribution is -0.146. The van der Waals surface area contributed by atoms with Gasteiger partial charge in [-0.1, -0.05) is 37.1 Å². The number of rotatable bonds is 12. The normalized spacial score (nSPS) is 17.5. The highest BCUT2D eigenvalue weighted by Crippen LogP contribution is 2.34. The first-order valence-electron chi connectivity index (χ1n) is 12.9. The van der Waals surface area contributed by atoms with E-state index in [0.717, 1.165) is 4.90 Å². The largest absolute Gasteiger partial charge is 0.480 e. The van der Waals surface area contributed by atoms with Crippen LogP contribution in [0.3, 0.4) is 0 Å². The van der Waals surface area contributed by atoms with Crippen molar-refractivity contribution in [1.29, 1.82) is 0 Å². The van der Waals surface area contributed by atoms with Gasteiger partial charge in [0.15, 0.2) is 0 Å². The molecule has 0 bridgehead atoms. The minimum atomic E-state index is -1.14. The molecular weight excluding hydrogens is 522 g/mol. The van der Waals surface area contributed by atoms with Gasteiger partial charge in [-0.25, -0.2) is 0 Å². The summed E-state index contributed by atoms with van der Waals surface area (Å²) in [6, 6.07) is 12.3. The van der Waals surface area contributed by atoms with E-state index < -0.39 is 36.5 Å². The van der Waals surface area contributed by atoms with Crippen LogP contribution in [0.5, 0.6) is 0 Å². The first kappa shape index (κ1) is 28.3. The third-order valence-electron chi connectivity index (χ3n) is 6.65. The van der Waals surface area contributed by atoms with Crippen molar-refractivity contribution < 1.29 is 33.8 Å². The van der Waals surface area contributed by atoms with Gasteiger partial charge >= 0.3 is 11.9 Å². The SMILES string of the molecule is CCOC(=O)[C@@H](CCCCCN1C(=O)c2ccccc2C1=O)NC1CSc2ccccc2N(CC(=O)O)C1=O. The monoisotopic (exact) mass is 553 g/mol. The summed E-state index contributed by atoms with van der Waals surface area (Å²) in [7, 11) is 0. The number of fused-ring (bicyclic) bond motifs is 2. The number of carboxylic acids is 1. The fourth-order valence-electron chi connectivity index (χ4n) is 4.76. The van der Waals surface area contributed by atoms with E-state index >= 15 is 0 Å². The summed E-state index contributed by atoms with van der Waals surface area (Å²) in [6.07, 6.45) is 2.18. The van der Waals surface area contributed by atoms with Gasteiger partial charge < -0.3 is 9.84 Å². The maximum atomic E-state index is 13.4. The van der Waals surface area contributed by atoms with E-state index in [9.17, 15) is 29.1 Å². The second-order valence-electron chi connectivity index (χ2n) is 9.28. The third kappa shape index (κ3) is 6.48. The molecule has 2 N–H and O–H groups in total. The number of nitrogens with one attached hydrogen (secondary N) is 1. The Kier molecular flexibility index (Phi) is 9.36. The van der Waals surface area contributed by atoms with Gasteiger partial charge in [-0.15, -0.1) is 11.8 Å². The topological polar surface area (TPSA) is 133 Å². The molecule has 2 atom stereocenters. The van der Waals surface area contributed by atoms with Crippen molar-refractivity contribution in [2.24, 2.45) is 0 Å². The Morgan fingerprint density at radius 3 is 2.33 bits per heavy atom. The minimum absolute atomic E-state index is 0.181. The van der Waals surface area contributed by atoms with Crippen molar-refractivity contribution in [1.82, 2.24) is 10.2 Å². The molecule has 0 saturated carbocycles. The molecule has 0 aromatic heterocycles. The number of imide groups is 1. The fraction of sp³-hybridized carbons (Fsp3) is 0.393. The molecular formula is C28H31N3O7S. The molecule has 10 nitrogen and oxygen atoms in total. The molecule has 0 saturated heterocycles. The molecule has 0 fully saturated rings. The number of carbonyl (C=O) groups excluding carboxylic acids is 4. The summed E-state index contributed by atoms with van der Waals surface area (Å²) < 4.78 is 5.24. The van der Waals surface area contributed by atoms with Crippen molar-refractivity contribution in [3.8, 4) is 0 Å². The zero-order valence-corrected chi connectivity index (χ0v) is 22.4. The molecule has 39 heavy (non-hydrogen) atoms. The zero-order valence-electron chi connectivity index (χ0n) is 21.6. The average Bonchev–Trinajstić information content (AvgIpc) is 3.09. The van der Waals surface area contributed by atoms with Crippen LogP contribution in [-0.4, -0.2) is 77.2 Å². The van der Waals surface area contributed by atoms with E-state index in [-0.39, 0.29) is 25.0 Å². The molecule has 0 aliphatic carbocycles. The quantitative estimate of drug-likeness (QED) is 0.231. The van der Waals surface area contributed by atoms with E-state index in [4.69, 9.17) is 4.74 Å². The van der Waals surface area contributed by atoms with Crippen molar-refractivity contribution in [3.63, 3.8) is 0 Å².